The van der Waals surface area contributed by atoms with E-state index in [9.17, 15) is 14.7 Å². The topological polar surface area (TPSA) is 60.9 Å². The number of hydrogen-bond acceptors (Lipinski definition) is 3. The van der Waals surface area contributed by atoms with Gasteiger partial charge in [0.15, 0.2) is 0 Å². The Bertz CT molecular complexity index is 611. The Hall–Kier alpha value is -1.88. The van der Waals surface area contributed by atoms with E-state index < -0.39 is 5.60 Å². The highest BCUT2D eigenvalue weighted by atomic mass is 16.3. The first kappa shape index (κ1) is 17.9. The Balaban J connectivity index is 1.75. The Morgan fingerprint density at radius 3 is 2.56 bits per heavy atom. The maximum atomic E-state index is 13.1. The third-order valence-corrected chi connectivity index (χ3v) is 5.49. The minimum Gasteiger partial charge on any atom is -0.388 e. The number of benzene rings is 1. The van der Waals surface area contributed by atoms with Gasteiger partial charge in [-0.25, -0.2) is 0 Å². The molecular weight excluding hydrogens is 316 g/mol. The molecule has 0 radical (unpaired) electrons. The predicted molar refractivity (Wildman–Crippen MR) is 95.6 cm³/mol. The van der Waals surface area contributed by atoms with Crippen LogP contribution in [-0.2, 0) is 16.1 Å². The van der Waals surface area contributed by atoms with E-state index in [0.717, 1.165) is 31.2 Å². The zero-order valence-corrected chi connectivity index (χ0v) is 15.0. The molecule has 1 N–H and O–H groups in total. The molecule has 0 spiro atoms. The van der Waals surface area contributed by atoms with Crippen molar-refractivity contribution < 1.29 is 14.7 Å². The summed E-state index contributed by atoms with van der Waals surface area (Å²) in [6.45, 7) is 3.92. The van der Waals surface area contributed by atoms with Crippen LogP contribution >= 0.6 is 0 Å². The van der Waals surface area contributed by atoms with Crippen LogP contribution in [0.1, 0.15) is 44.6 Å². The molecule has 1 saturated carbocycles. The second-order valence-corrected chi connectivity index (χ2v) is 7.44. The van der Waals surface area contributed by atoms with Crippen molar-refractivity contribution in [3.8, 4) is 0 Å². The van der Waals surface area contributed by atoms with Crippen LogP contribution in [0.3, 0.4) is 0 Å². The fraction of sp³-hybridized carbons (Fsp3) is 0.600. The van der Waals surface area contributed by atoms with Crippen molar-refractivity contribution in [1.82, 2.24) is 9.80 Å². The number of hydrogen-bond donors (Lipinski definition) is 1. The monoisotopic (exact) mass is 344 g/mol. The van der Waals surface area contributed by atoms with Gasteiger partial charge < -0.3 is 14.9 Å². The zero-order chi connectivity index (χ0) is 17.9. The van der Waals surface area contributed by atoms with Crippen molar-refractivity contribution in [2.24, 2.45) is 5.92 Å². The first-order valence-electron chi connectivity index (χ1n) is 9.33. The van der Waals surface area contributed by atoms with Crippen LogP contribution in [0.2, 0.25) is 0 Å². The van der Waals surface area contributed by atoms with E-state index in [4.69, 9.17) is 0 Å². The molecule has 1 heterocycles. The van der Waals surface area contributed by atoms with E-state index >= 15 is 0 Å². The maximum Gasteiger partial charge on any atom is 0.228 e. The van der Waals surface area contributed by atoms with Gasteiger partial charge in [0.25, 0.3) is 0 Å². The van der Waals surface area contributed by atoms with Gasteiger partial charge in [0, 0.05) is 32.6 Å². The summed E-state index contributed by atoms with van der Waals surface area (Å²) in [5.41, 5.74) is 0.270. The van der Waals surface area contributed by atoms with Gasteiger partial charge in [0.2, 0.25) is 11.8 Å². The molecular formula is C20H28N2O3. The molecule has 1 atom stereocenters. The average Bonchev–Trinajstić information content (AvgIpc) is 3.20. The van der Waals surface area contributed by atoms with Crippen molar-refractivity contribution in [3.63, 3.8) is 0 Å². The number of carbonyl (C=O) groups is 2. The van der Waals surface area contributed by atoms with Crippen molar-refractivity contribution >= 4 is 11.8 Å². The molecule has 5 nitrogen and oxygen atoms in total. The highest BCUT2D eigenvalue weighted by Crippen LogP contribution is 2.31. The van der Waals surface area contributed by atoms with Gasteiger partial charge in [0.05, 0.1) is 11.5 Å². The molecule has 136 valence electrons. The number of nitrogens with zero attached hydrogens (tertiary/aromatic N) is 2. The standard InChI is InChI=1S/C20H28N2O3/c1-2-21-14-17(12-18(21)23)19(24)22(13-16-8-4-3-5-9-16)15-20(25)10-6-7-11-20/h3-5,8-9,17,25H,2,6-7,10-15H2,1H3/t17-/m0/s1. The van der Waals surface area contributed by atoms with Crippen molar-refractivity contribution in [3.05, 3.63) is 35.9 Å². The van der Waals surface area contributed by atoms with Crippen molar-refractivity contribution in [2.45, 2.75) is 51.2 Å². The van der Waals surface area contributed by atoms with Crippen LogP contribution in [0.15, 0.2) is 30.3 Å². The van der Waals surface area contributed by atoms with E-state index in [2.05, 4.69) is 0 Å². The number of aliphatic hydroxyl groups is 1. The zero-order valence-electron chi connectivity index (χ0n) is 15.0. The van der Waals surface area contributed by atoms with Gasteiger partial charge in [-0.1, -0.05) is 43.2 Å². The molecule has 2 fully saturated rings. The third kappa shape index (κ3) is 4.21. The quantitative estimate of drug-likeness (QED) is 0.860. The second kappa shape index (κ2) is 7.56. The maximum absolute atomic E-state index is 13.1. The molecule has 2 amide bonds. The van der Waals surface area contributed by atoms with E-state index in [0.29, 0.717) is 26.2 Å². The lowest BCUT2D eigenvalue weighted by atomic mass is 9.99. The number of amides is 2. The summed E-state index contributed by atoms with van der Waals surface area (Å²) in [5.74, 6) is -0.241. The minimum absolute atomic E-state index is 0.00604. The van der Waals surface area contributed by atoms with Crippen molar-refractivity contribution in [1.29, 1.82) is 0 Å². The van der Waals surface area contributed by atoms with Gasteiger partial charge in [-0.15, -0.1) is 0 Å². The summed E-state index contributed by atoms with van der Waals surface area (Å²) in [5, 5.41) is 10.8. The molecule has 0 unspecified atom stereocenters. The minimum atomic E-state index is -0.780. The summed E-state index contributed by atoms with van der Waals surface area (Å²) in [6, 6.07) is 9.86. The van der Waals surface area contributed by atoms with Crippen LogP contribution in [0.25, 0.3) is 0 Å². The molecule has 1 aliphatic carbocycles. The molecule has 1 aromatic carbocycles. The average molecular weight is 344 g/mol. The molecule has 25 heavy (non-hydrogen) atoms. The number of rotatable bonds is 6. The Morgan fingerprint density at radius 2 is 1.96 bits per heavy atom. The molecule has 0 aromatic heterocycles. The van der Waals surface area contributed by atoms with Gasteiger partial charge >= 0.3 is 0 Å². The highest BCUT2D eigenvalue weighted by molar-refractivity contribution is 5.89. The predicted octanol–water partition coefficient (Wildman–Crippen LogP) is 2.19. The summed E-state index contributed by atoms with van der Waals surface area (Å²) in [7, 11) is 0. The van der Waals surface area contributed by atoms with Gasteiger partial charge in [-0.05, 0) is 25.3 Å². The second-order valence-electron chi connectivity index (χ2n) is 7.44. The lowest BCUT2D eigenvalue weighted by Crippen LogP contribution is -2.46. The summed E-state index contributed by atoms with van der Waals surface area (Å²) in [6.07, 6.45) is 3.80. The fourth-order valence-electron chi connectivity index (χ4n) is 4.06. The van der Waals surface area contributed by atoms with Crippen LogP contribution in [0.5, 0.6) is 0 Å². The van der Waals surface area contributed by atoms with Gasteiger partial charge in [0.1, 0.15) is 0 Å². The fourth-order valence-corrected chi connectivity index (χ4v) is 4.06. The van der Waals surface area contributed by atoms with Gasteiger partial charge in [-0.2, -0.15) is 0 Å². The normalized spacial score (nSPS) is 22.4. The molecule has 3 rings (SSSR count). The summed E-state index contributed by atoms with van der Waals surface area (Å²) in [4.78, 5) is 28.7. The van der Waals surface area contributed by atoms with Gasteiger partial charge in [-0.3, -0.25) is 9.59 Å². The van der Waals surface area contributed by atoms with E-state index in [1.165, 1.54) is 0 Å². The Labute approximate surface area is 149 Å². The highest BCUT2D eigenvalue weighted by Gasteiger charge is 2.39. The molecule has 2 aliphatic rings. The van der Waals surface area contributed by atoms with Crippen LogP contribution in [0.4, 0.5) is 0 Å². The first-order valence-corrected chi connectivity index (χ1v) is 9.33. The van der Waals surface area contributed by atoms with E-state index in [1.54, 1.807) is 9.80 Å². The summed E-state index contributed by atoms with van der Waals surface area (Å²) < 4.78 is 0. The van der Waals surface area contributed by atoms with Crippen LogP contribution in [-0.4, -0.2) is 52.0 Å². The lowest BCUT2D eigenvalue weighted by Gasteiger charge is -2.33. The number of carbonyl (C=O) groups excluding carboxylic acids is 2. The SMILES string of the molecule is CCN1C[C@@H](C(=O)N(Cc2ccccc2)CC2(O)CCCC2)CC1=O. The first-order chi connectivity index (χ1) is 12.0. The largest absolute Gasteiger partial charge is 0.388 e. The molecule has 0 bridgehead atoms. The number of likely N-dealkylation sites (tertiary alicyclic amines) is 1. The lowest BCUT2D eigenvalue weighted by molar-refractivity contribution is -0.140. The third-order valence-electron chi connectivity index (χ3n) is 5.49. The summed E-state index contributed by atoms with van der Waals surface area (Å²) >= 11 is 0. The molecule has 1 aliphatic heterocycles. The Kier molecular flexibility index (Phi) is 5.42. The molecule has 1 aromatic rings. The Morgan fingerprint density at radius 1 is 1.28 bits per heavy atom. The van der Waals surface area contributed by atoms with Crippen LogP contribution < -0.4 is 0 Å². The van der Waals surface area contributed by atoms with E-state index in [-0.39, 0.29) is 24.2 Å². The van der Waals surface area contributed by atoms with E-state index in [1.807, 2.05) is 37.3 Å². The molecule has 1 saturated heterocycles. The van der Waals surface area contributed by atoms with Crippen molar-refractivity contribution in [2.75, 3.05) is 19.6 Å². The molecule has 5 heteroatoms. The van der Waals surface area contributed by atoms with Crippen LogP contribution in [0, 0.1) is 5.92 Å². The smallest absolute Gasteiger partial charge is 0.228 e.